The molecule has 2 aliphatic rings. The first-order chi connectivity index (χ1) is 19.1. The summed E-state index contributed by atoms with van der Waals surface area (Å²) in [5.74, 6) is -0.515. The van der Waals surface area contributed by atoms with Gasteiger partial charge in [0.15, 0.2) is 0 Å². The lowest BCUT2D eigenvalue weighted by Gasteiger charge is -2.34. The Balaban J connectivity index is 1.39. The highest BCUT2D eigenvalue weighted by Gasteiger charge is 2.33. The quantitative estimate of drug-likeness (QED) is 0.388. The zero-order valence-corrected chi connectivity index (χ0v) is 22.4. The maximum Gasteiger partial charge on any atom is 0.410 e. The first-order valence-corrected chi connectivity index (χ1v) is 13.4. The number of carbonyl (C=O) groups excluding carboxylic acids is 2. The van der Waals surface area contributed by atoms with E-state index in [-0.39, 0.29) is 30.3 Å². The van der Waals surface area contributed by atoms with Crippen molar-refractivity contribution < 1.29 is 23.8 Å². The number of aliphatic hydroxyl groups is 1. The van der Waals surface area contributed by atoms with Crippen molar-refractivity contribution in [3.8, 4) is 17.5 Å². The normalized spacial score (nSPS) is 20.2. The summed E-state index contributed by atoms with van der Waals surface area (Å²) in [7, 11) is 0. The molecule has 3 aromatic heterocycles. The number of cyclic esters (lactones) is 1. The number of nitrogens with one attached hydrogen (secondary N) is 2. The molecular formula is C28H32FN7O4. The van der Waals surface area contributed by atoms with Gasteiger partial charge in [0.25, 0.3) is 5.91 Å². The van der Waals surface area contributed by atoms with Gasteiger partial charge >= 0.3 is 6.09 Å². The lowest BCUT2D eigenvalue weighted by molar-refractivity contribution is -0.00177. The lowest BCUT2D eigenvalue weighted by Crippen LogP contribution is -2.42. The van der Waals surface area contributed by atoms with Crippen LogP contribution in [0.5, 0.6) is 0 Å². The monoisotopic (exact) mass is 549 g/mol. The summed E-state index contributed by atoms with van der Waals surface area (Å²) in [6.07, 6.45) is 4.17. The Kier molecular flexibility index (Phi) is 7.58. The second-order valence-corrected chi connectivity index (χ2v) is 10.8. The molecule has 0 spiro atoms. The number of carbonyl (C=O) groups is 2. The number of hydrogen-bond donors (Lipinski definition) is 3. The Labute approximate surface area is 230 Å². The third kappa shape index (κ3) is 5.70. The maximum atomic E-state index is 14.3. The highest BCUT2D eigenvalue weighted by Crippen LogP contribution is 2.30. The topological polar surface area (TPSA) is 145 Å². The Bertz CT molecular complexity index is 1450. The predicted octanol–water partition coefficient (Wildman–Crippen LogP) is 3.28. The van der Waals surface area contributed by atoms with Crippen LogP contribution in [0.1, 0.15) is 55.5 Å². The number of amides is 2. The van der Waals surface area contributed by atoms with Crippen LogP contribution < -0.4 is 10.6 Å². The van der Waals surface area contributed by atoms with E-state index in [2.05, 4.69) is 26.8 Å². The summed E-state index contributed by atoms with van der Waals surface area (Å²) in [5.41, 5.74) is 1.60. The molecule has 12 heteroatoms. The van der Waals surface area contributed by atoms with Gasteiger partial charge in [0, 0.05) is 18.3 Å². The number of aromatic nitrogens is 3. The molecule has 210 valence electrons. The van der Waals surface area contributed by atoms with Crippen LogP contribution in [0, 0.1) is 11.3 Å². The van der Waals surface area contributed by atoms with E-state index in [4.69, 9.17) is 4.74 Å². The van der Waals surface area contributed by atoms with Crippen molar-refractivity contribution in [3.63, 3.8) is 0 Å². The van der Waals surface area contributed by atoms with Gasteiger partial charge in [-0.3, -0.25) is 9.78 Å². The van der Waals surface area contributed by atoms with Crippen LogP contribution in [0.25, 0.3) is 16.9 Å². The number of nitrogens with zero attached hydrogens (tertiary/aromatic N) is 5. The summed E-state index contributed by atoms with van der Waals surface area (Å²) in [6, 6.07) is 9.42. The maximum absolute atomic E-state index is 14.3. The second-order valence-electron chi connectivity index (χ2n) is 10.8. The fourth-order valence-electron chi connectivity index (χ4n) is 5.17. The molecule has 1 atom stereocenters. The molecule has 1 aliphatic heterocycles. The minimum atomic E-state index is -1.65. The van der Waals surface area contributed by atoms with Gasteiger partial charge in [-0.25, -0.2) is 13.7 Å². The van der Waals surface area contributed by atoms with Crippen molar-refractivity contribution >= 4 is 23.2 Å². The van der Waals surface area contributed by atoms with Crippen molar-refractivity contribution in [1.29, 1.82) is 5.26 Å². The van der Waals surface area contributed by atoms with Crippen LogP contribution in [0.2, 0.25) is 0 Å². The van der Waals surface area contributed by atoms with Gasteiger partial charge in [0.1, 0.15) is 18.8 Å². The molecule has 11 nitrogen and oxygen atoms in total. The molecule has 1 saturated heterocycles. The number of alkyl halides is 1. The summed E-state index contributed by atoms with van der Waals surface area (Å²) in [4.78, 5) is 31.4. The molecule has 0 bridgehead atoms. The SMILES string of the molecule is CC(C)(O)[C@H](F)CNC(=O)c1cnc(-c2ccc3cc(C#N)cnn23)cc1N[C@H]1CC[C@H](N2CCOC2=O)CC1. The third-order valence-corrected chi connectivity index (χ3v) is 7.54. The van der Waals surface area contributed by atoms with E-state index < -0.39 is 17.7 Å². The number of halogens is 1. The van der Waals surface area contributed by atoms with Crippen molar-refractivity contribution in [3.05, 3.63) is 47.8 Å². The van der Waals surface area contributed by atoms with Crippen molar-refractivity contribution in [2.24, 2.45) is 0 Å². The molecule has 40 heavy (non-hydrogen) atoms. The molecule has 3 aromatic rings. The number of anilines is 1. The minimum absolute atomic E-state index is 0.0438. The summed E-state index contributed by atoms with van der Waals surface area (Å²) >= 11 is 0. The molecule has 5 rings (SSSR count). The molecule has 3 N–H and O–H groups in total. The number of ether oxygens (including phenoxy) is 1. The van der Waals surface area contributed by atoms with Crippen LogP contribution in [0.3, 0.4) is 0 Å². The second kappa shape index (κ2) is 11.1. The van der Waals surface area contributed by atoms with Crippen molar-refractivity contribution in [2.45, 2.75) is 63.4 Å². The molecule has 4 heterocycles. The van der Waals surface area contributed by atoms with Gasteiger partial charge in [0.2, 0.25) is 0 Å². The standard InChI is InChI=1S/C28H32FN7O4/c1-28(2,39)25(29)16-32-26(37)21-15-31-23(24-8-7-20-11-17(13-30)14-33-36(20)24)12-22(21)34-18-3-5-19(6-4-18)35-9-10-40-27(35)38/h7-8,11-12,14-15,18-19,25,39H,3-6,9-10,16H2,1-2H3,(H,31,34)(H,32,37)/t18-,19-,25-/m1/s1. The van der Waals surface area contributed by atoms with E-state index in [9.17, 15) is 24.3 Å². The number of hydrogen-bond acceptors (Lipinski definition) is 8. The number of fused-ring (bicyclic) bond motifs is 1. The zero-order valence-electron chi connectivity index (χ0n) is 22.4. The smallest absolute Gasteiger partial charge is 0.410 e. The third-order valence-electron chi connectivity index (χ3n) is 7.54. The average molecular weight is 550 g/mol. The lowest BCUT2D eigenvalue weighted by atomic mass is 9.90. The Morgan fingerprint density at radius 1 is 1.27 bits per heavy atom. The number of nitriles is 1. The molecule has 1 saturated carbocycles. The van der Waals surface area contributed by atoms with E-state index >= 15 is 0 Å². The molecule has 0 unspecified atom stereocenters. The minimum Gasteiger partial charge on any atom is -0.448 e. The number of rotatable bonds is 8. The molecular weight excluding hydrogens is 517 g/mol. The van der Waals surface area contributed by atoms with Gasteiger partial charge in [0.05, 0.1) is 58.6 Å². The van der Waals surface area contributed by atoms with Gasteiger partial charge in [-0.05, 0) is 63.8 Å². The summed E-state index contributed by atoms with van der Waals surface area (Å²) in [6.45, 7) is 3.37. The van der Waals surface area contributed by atoms with Crippen molar-refractivity contribution in [2.75, 3.05) is 25.0 Å². The largest absolute Gasteiger partial charge is 0.448 e. The fraction of sp³-hybridized carbons (Fsp3) is 0.464. The van der Waals surface area contributed by atoms with Crippen molar-refractivity contribution in [1.82, 2.24) is 24.8 Å². The van der Waals surface area contributed by atoms with E-state index in [0.717, 1.165) is 31.2 Å². The molecule has 2 fully saturated rings. The zero-order chi connectivity index (χ0) is 28.4. The molecule has 1 aliphatic carbocycles. The van der Waals surface area contributed by atoms with E-state index in [1.807, 2.05) is 12.1 Å². The van der Waals surface area contributed by atoms with Crippen LogP contribution >= 0.6 is 0 Å². The predicted molar refractivity (Wildman–Crippen MR) is 144 cm³/mol. The molecule has 2 amide bonds. The van der Waals surface area contributed by atoms with Gasteiger partial charge in [-0.2, -0.15) is 10.4 Å². The average Bonchev–Trinajstić information content (AvgIpc) is 3.57. The van der Waals surface area contributed by atoms with E-state index in [0.29, 0.717) is 35.8 Å². The van der Waals surface area contributed by atoms with Crippen LogP contribution in [0.4, 0.5) is 14.9 Å². The first kappa shape index (κ1) is 27.3. The first-order valence-electron chi connectivity index (χ1n) is 13.4. The van der Waals surface area contributed by atoms with E-state index in [1.54, 1.807) is 21.5 Å². The molecule has 0 radical (unpaired) electrons. The Morgan fingerprint density at radius 3 is 2.73 bits per heavy atom. The Hall–Kier alpha value is -4.24. The van der Waals surface area contributed by atoms with Gasteiger partial charge in [-0.1, -0.05) is 0 Å². The van der Waals surface area contributed by atoms with Crippen LogP contribution in [0.15, 0.2) is 36.7 Å². The summed E-state index contributed by atoms with van der Waals surface area (Å²) in [5, 5.41) is 29.5. The van der Waals surface area contributed by atoms with Gasteiger partial charge in [-0.15, -0.1) is 0 Å². The van der Waals surface area contributed by atoms with E-state index in [1.165, 1.54) is 26.2 Å². The number of pyridine rings is 1. The van der Waals surface area contributed by atoms with Crippen LogP contribution in [-0.4, -0.2) is 80.2 Å². The fourth-order valence-corrected chi connectivity index (χ4v) is 5.17. The highest BCUT2D eigenvalue weighted by molar-refractivity contribution is 6.00. The van der Waals surface area contributed by atoms with Gasteiger partial charge < -0.3 is 25.4 Å². The summed E-state index contributed by atoms with van der Waals surface area (Å²) < 4.78 is 21.1. The molecule has 0 aromatic carbocycles. The Morgan fingerprint density at radius 2 is 2.05 bits per heavy atom. The van der Waals surface area contributed by atoms with Crippen LogP contribution in [-0.2, 0) is 4.74 Å². The highest BCUT2D eigenvalue weighted by atomic mass is 19.1.